The maximum absolute atomic E-state index is 13.0. The number of ether oxygens (including phenoxy) is 1. The Bertz CT molecular complexity index is 990. The van der Waals surface area contributed by atoms with Crippen LogP contribution < -0.4 is 5.69 Å². The average molecular weight is 380 g/mol. The van der Waals surface area contributed by atoms with Gasteiger partial charge in [-0.25, -0.2) is 4.79 Å². The van der Waals surface area contributed by atoms with Crippen LogP contribution in [0.3, 0.4) is 0 Å². The Morgan fingerprint density at radius 2 is 2.07 bits per heavy atom. The number of fused-ring (bicyclic) bond motifs is 1. The Hall–Kier alpha value is -2.93. The molecule has 1 aliphatic rings. The SMILES string of the molecule is O=C(CCn1c(=O)[nH]c2ccccc21)N(Cc1ccncc1)CC1CCCO1. The van der Waals surface area contributed by atoms with Crippen molar-refractivity contribution in [3.63, 3.8) is 0 Å². The number of carbonyl (C=O) groups is 1. The number of amides is 1. The molecule has 1 atom stereocenters. The number of benzene rings is 1. The summed E-state index contributed by atoms with van der Waals surface area (Å²) in [6, 6.07) is 11.4. The molecule has 7 heteroatoms. The first-order chi connectivity index (χ1) is 13.7. The van der Waals surface area contributed by atoms with Crippen molar-refractivity contribution in [2.24, 2.45) is 0 Å². The summed E-state index contributed by atoms with van der Waals surface area (Å²) in [5.74, 6) is 0.0180. The molecule has 1 amide bonds. The summed E-state index contributed by atoms with van der Waals surface area (Å²) >= 11 is 0. The Labute approximate surface area is 163 Å². The van der Waals surface area contributed by atoms with Crippen LogP contribution in [-0.2, 0) is 22.6 Å². The molecular formula is C21H24N4O3. The Morgan fingerprint density at radius 3 is 2.86 bits per heavy atom. The van der Waals surface area contributed by atoms with E-state index in [0.29, 0.717) is 19.6 Å². The molecule has 3 aromatic rings. The van der Waals surface area contributed by atoms with Crippen LogP contribution in [0.2, 0.25) is 0 Å². The van der Waals surface area contributed by atoms with Crippen molar-refractivity contribution in [2.75, 3.05) is 13.2 Å². The maximum atomic E-state index is 13.0. The largest absolute Gasteiger partial charge is 0.376 e. The summed E-state index contributed by atoms with van der Waals surface area (Å²) in [7, 11) is 0. The van der Waals surface area contributed by atoms with Gasteiger partial charge in [-0.2, -0.15) is 0 Å². The van der Waals surface area contributed by atoms with Crippen molar-refractivity contribution in [3.05, 3.63) is 64.8 Å². The first-order valence-corrected chi connectivity index (χ1v) is 9.66. The number of imidazole rings is 1. The molecule has 0 radical (unpaired) electrons. The highest BCUT2D eigenvalue weighted by Crippen LogP contribution is 2.16. The maximum Gasteiger partial charge on any atom is 0.326 e. The van der Waals surface area contributed by atoms with Gasteiger partial charge in [0, 0.05) is 45.1 Å². The lowest BCUT2D eigenvalue weighted by molar-refractivity contribution is -0.133. The minimum atomic E-state index is -0.186. The van der Waals surface area contributed by atoms with Crippen molar-refractivity contribution in [3.8, 4) is 0 Å². The van der Waals surface area contributed by atoms with E-state index >= 15 is 0 Å². The Balaban J connectivity index is 1.48. The van der Waals surface area contributed by atoms with Gasteiger partial charge in [-0.1, -0.05) is 12.1 Å². The predicted molar refractivity (Wildman–Crippen MR) is 106 cm³/mol. The number of aromatic nitrogens is 3. The van der Waals surface area contributed by atoms with Gasteiger partial charge in [-0.15, -0.1) is 0 Å². The monoisotopic (exact) mass is 380 g/mol. The summed E-state index contributed by atoms with van der Waals surface area (Å²) in [6.45, 7) is 2.20. The van der Waals surface area contributed by atoms with Crippen LogP contribution in [0.4, 0.5) is 0 Å². The van der Waals surface area contributed by atoms with E-state index in [2.05, 4.69) is 9.97 Å². The first-order valence-electron chi connectivity index (χ1n) is 9.66. The van der Waals surface area contributed by atoms with E-state index in [4.69, 9.17) is 4.74 Å². The fraction of sp³-hybridized carbons (Fsp3) is 0.381. The molecule has 1 aromatic carbocycles. The standard InChI is InChI=1S/C21H24N4O3/c26-20(9-12-25-19-6-2-1-5-18(19)23-21(25)27)24(15-17-4-3-13-28-17)14-16-7-10-22-11-8-16/h1-2,5-8,10-11,17H,3-4,9,12-15H2,(H,23,27). The summed E-state index contributed by atoms with van der Waals surface area (Å²) in [5, 5.41) is 0. The van der Waals surface area contributed by atoms with E-state index in [1.807, 2.05) is 41.3 Å². The van der Waals surface area contributed by atoms with Crippen LogP contribution in [0.25, 0.3) is 11.0 Å². The molecule has 1 N–H and O–H groups in total. The quantitative estimate of drug-likeness (QED) is 0.682. The molecule has 146 valence electrons. The van der Waals surface area contributed by atoms with Crippen molar-refractivity contribution in [1.82, 2.24) is 19.4 Å². The second-order valence-electron chi connectivity index (χ2n) is 7.11. The number of aryl methyl sites for hydroxylation is 1. The first kappa shape index (κ1) is 18.4. The number of rotatable bonds is 7. The number of nitrogens with zero attached hydrogens (tertiary/aromatic N) is 3. The molecule has 1 fully saturated rings. The van der Waals surface area contributed by atoms with Gasteiger partial charge in [0.05, 0.1) is 17.1 Å². The van der Waals surface area contributed by atoms with Crippen LogP contribution in [-0.4, -0.2) is 44.6 Å². The van der Waals surface area contributed by atoms with E-state index in [1.165, 1.54) is 0 Å². The minimum Gasteiger partial charge on any atom is -0.376 e. The zero-order valence-electron chi connectivity index (χ0n) is 15.7. The van der Waals surface area contributed by atoms with Crippen molar-refractivity contribution < 1.29 is 9.53 Å². The number of carbonyl (C=O) groups excluding carboxylic acids is 1. The molecular weight excluding hydrogens is 356 g/mol. The van der Waals surface area contributed by atoms with Gasteiger partial charge in [0.1, 0.15) is 0 Å². The summed E-state index contributed by atoms with van der Waals surface area (Å²) in [5.41, 5.74) is 2.45. The van der Waals surface area contributed by atoms with Gasteiger partial charge in [0.15, 0.2) is 0 Å². The van der Waals surface area contributed by atoms with Crippen LogP contribution in [0, 0.1) is 0 Å². The van der Waals surface area contributed by atoms with Gasteiger partial charge in [0.25, 0.3) is 0 Å². The third-order valence-corrected chi connectivity index (χ3v) is 5.15. The van der Waals surface area contributed by atoms with Crippen LogP contribution in [0.1, 0.15) is 24.8 Å². The van der Waals surface area contributed by atoms with E-state index in [0.717, 1.165) is 36.0 Å². The number of pyridine rings is 1. The lowest BCUT2D eigenvalue weighted by Gasteiger charge is -2.26. The number of hydrogen-bond acceptors (Lipinski definition) is 4. The number of hydrogen-bond donors (Lipinski definition) is 1. The van der Waals surface area contributed by atoms with E-state index in [-0.39, 0.29) is 24.1 Å². The average Bonchev–Trinajstić information content (AvgIpc) is 3.33. The lowest BCUT2D eigenvalue weighted by Crippen LogP contribution is -2.37. The smallest absolute Gasteiger partial charge is 0.326 e. The van der Waals surface area contributed by atoms with Crippen LogP contribution >= 0.6 is 0 Å². The summed E-state index contributed by atoms with van der Waals surface area (Å²) in [4.78, 5) is 34.0. The zero-order valence-corrected chi connectivity index (χ0v) is 15.7. The van der Waals surface area contributed by atoms with Gasteiger partial charge in [-0.3, -0.25) is 14.3 Å². The molecule has 28 heavy (non-hydrogen) atoms. The van der Waals surface area contributed by atoms with Gasteiger partial charge < -0.3 is 14.6 Å². The summed E-state index contributed by atoms with van der Waals surface area (Å²) < 4.78 is 7.36. The van der Waals surface area contributed by atoms with Crippen LogP contribution in [0.15, 0.2) is 53.6 Å². The molecule has 0 spiro atoms. The molecule has 2 aromatic heterocycles. The zero-order chi connectivity index (χ0) is 19.3. The Morgan fingerprint density at radius 1 is 1.25 bits per heavy atom. The number of H-pyrrole nitrogens is 1. The van der Waals surface area contributed by atoms with E-state index in [1.54, 1.807) is 17.0 Å². The van der Waals surface area contributed by atoms with Gasteiger partial charge in [-0.05, 0) is 42.7 Å². The highest BCUT2D eigenvalue weighted by Gasteiger charge is 2.23. The molecule has 4 rings (SSSR count). The Kier molecular flexibility index (Phi) is 5.53. The highest BCUT2D eigenvalue weighted by atomic mass is 16.5. The van der Waals surface area contributed by atoms with Gasteiger partial charge >= 0.3 is 5.69 Å². The highest BCUT2D eigenvalue weighted by molar-refractivity contribution is 5.77. The minimum absolute atomic E-state index is 0.0180. The van der Waals surface area contributed by atoms with E-state index < -0.39 is 0 Å². The topological polar surface area (TPSA) is 80.2 Å². The molecule has 0 saturated carbocycles. The third-order valence-electron chi connectivity index (χ3n) is 5.15. The fourth-order valence-corrected chi connectivity index (χ4v) is 3.69. The number of aromatic amines is 1. The molecule has 1 saturated heterocycles. The predicted octanol–water partition coefficient (Wildman–Crippen LogP) is 2.32. The molecule has 7 nitrogen and oxygen atoms in total. The summed E-state index contributed by atoms with van der Waals surface area (Å²) in [6.07, 6.45) is 5.82. The molecule has 0 bridgehead atoms. The third kappa shape index (κ3) is 4.14. The van der Waals surface area contributed by atoms with Gasteiger partial charge in [0.2, 0.25) is 5.91 Å². The molecule has 3 heterocycles. The molecule has 0 aliphatic carbocycles. The molecule has 1 aliphatic heterocycles. The molecule has 1 unspecified atom stereocenters. The number of para-hydroxylation sites is 2. The second-order valence-corrected chi connectivity index (χ2v) is 7.11. The lowest BCUT2D eigenvalue weighted by atomic mass is 10.2. The van der Waals surface area contributed by atoms with Crippen LogP contribution in [0.5, 0.6) is 0 Å². The second kappa shape index (κ2) is 8.39. The fourth-order valence-electron chi connectivity index (χ4n) is 3.69. The number of nitrogens with one attached hydrogen (secondary N) is 1. The normalized spacial score (nSPS) is 16.5. The van der Waals surface area contributed by atoms with Crippen molar-refractivity contribution in [1.29, 1.82) is 0 Å². The van der Waals surface area contributed by atoms with Crippen molar-refractivity contribution >= 4 is 16.9 Å². The van der Waals surface area contributed by atoms with Crippen molar-refractivity contribution in [2.45, 2.75) is 38.5 Å². The van der Waals surface area contributed by atoms with E-state index in [9.17, 15) is 9.59 Å².